The van der Waals surface area contributed by atoms with Crippen molar-refractivity contribution in [2.75, 3.05) is 6.54 Å². The predicted octanol–water partition coefficient (Wildman–Crippen LogP) is 4.57. The Labute approximate surface area is 161 Å². The fourth-order valence-corrected chi connectivity index (χ4v) is 2.99. The van der Waals surface area contributed by atoms with Gasteiger partial charge in [0.25, 0.3) is 5.91 Å². The molecule has 4 aromatic rings. The third-order valence-electron chi connectivity index (χ3n) is 4.44. The Balaban J connectivity index is 1.66. The lowest BCUT2D eigenvalue weighted by Gasteiger charge is -2.05. The molecule has 0 fully saturated rings. The van der Waals surface area contributed by atoms with E-state index in [1.165, 1.54) is 12.1 Å². The summed E-state index contributed by atoms with van der Waals surface area (Å²) in [6.07, 6.45) is 2.60. The number of benzene rings is 1. The molecule has 0 saturated carbocycles. The Kier molecular flexibility index (Phi) is 4.85. The predicted molar refractivity (Wildman–Crippen MR) is 107 cm³/mol. The third kappa shape index (κ3) is 3.62. The summed E-state index contributed by atoms with van der Waals surface area (Å²) < 4.78 is 13.1. The van der Waals surface area contributed by atoms with Crippen molar-refractivity contribution in [1.82, 2.24) is 20.3 Å². The number of fused-ring (bicyclic) bond motifs is 1. The Bertz CT molecular complexity index is 1130. The summed E-state index contributed by atoms with van der Waals surface area (Å²) in [5, 5.41) is 3.75. The molecule has 0 unspecified atom stereocenters. The highest BCUT2D eigenvalue weighted by molar-refractivity contribution is 5.93. The number of nitrogens with one attached hydrogen (secondary N) is 2. The highest BCUT2D eigenvalue weighted by atomic mass is 19.1. The number of pyridine rings is 2. The topological polar surface area (TPSA) is 70.7 Å². The summed E-state index contributed by atoms with van der Waals surface area (Å²) >= 11 is 0. The van der Waals surface area contributed by atoms with Gasteiger partial charge in [0.2, 0.25) is 0 Å². The number of nitrogens with zero attached hydrogens (tertiary/aromatic N) is 2. The van der Waals surface area contributed by atoms with Crippen molar-refractivity contribution in [2.45, 2.75) is 13.3 Å². The summed E-state index contributed by atoms with van der Waals surface area (Å²) in [4.78, 5) is 24.4. The van der Waals surface area contributed by atoms with Crippen molar-refractivity contribution < 1.29 is 9.18 Å². The van der Waals surface area contributed by atoms with E-state index in [1.807, 2.05) is 31.2 Å². The number of hydrogen-bond acceptors (Lipinski definition) is 3. The number of amides is 1. The maximum absolute atomic E-state index is 13.1. The minimum atomic E-state index is -0.269. The first-order valence-corrected chi connectivity index (χ1v) is 9.14. The fourth-order valence-electron chi connectivity index (χ4n) is 2.99. The quantitative estimate of drug-likeness (QED) is 0.537. The molecule has 2 N–H and O–H groups in total. The maximum Gasteiger partial charge on any atom is 0.269 e. The number of rotatable bonds is 5. The van der Waals surface area contributed by atoms with Gasteiger partial charge in [-0.05, 0) is 60.5 Å². The zero-order chi connectivity index (χ0) is 19.5. The zero-order valence-corrected chi connectivity index (χ0v) is 15.4. The number of halogens is 1. The molecule has 0 aliphatic heterocycles. The zero-order valence-electron chi connectivity index (χ0n) is 15.4. The first-order chi connectivity index (χ1) is 13.6. The monoisotopic (exact) mass is 374 g/mol. The van der Waals surface area contributed by atoms with Gasteiger partial charge in [-0.3, -0.25) is 4.79 Å². The van der Waals surface area contributed by atoms with Gasteiger partial charge in [0.1, 0.15) is 17.2 Å². The number of carbonyl (C=O) groups excluding carboxylic acids is 1. The van der Waals surface area contributed by atoms with Gasteiger partial charge in [0.15, 0.2) is 0 Å². The SMILES string of the molecule is CCCNC(=O)c1cccc(-c2cnc3[nH]c(-c4ccc(F)cc4)cc3c2)n1. The van der Waals surface area contributed by atoms with Crippen LogP contribution >= 0.6 is 0 Å². The van der Waals surface area contributed by atoms with Gasteiger partial charge in [0.05, 0.1) is 5.69 Å². The molecule has 5 nitrogen and oxygen atoms in total. The Morgan fingerprint density at radius 2 is 1.93 bits per heavy atom. The van der Waals surface area contributed by atoms with Gasteiger partial charge in [-0.1, -0.05) is 13.0 Å². The molecule has 0 spiro atoms. The minimum Gasteiger partial charge on any atom is -0.351 e. The van der Waals surface area contributed by atoms with Gasteiger partial charge in [-0.15, -0.1) is 0 Å². The van der Waals surface area contributed by atoms with E-state index in [2.05, 4.69) is 20.3 Å². The van der Waals surface area contributed by atoms with Crippen LogP contribution in [0.5, 0.6) is 0 Å². The van der Waals surface area contributed by atoms with Crippen molar-refractivity contribution in [1.29, 1.82) is 0 Å². The first-order valence-electron chi connectivity index (χ1n) is 9.14. The molecule has 0 radical (unpaired) electrons. The molecule has 0 bridgehead atoms. The standard InChI is InChI=1S/C22H19FN4O/c1-2-10-24-22(28)19-5-3-4-18(26-19)16-11-15-12-20(27-21(15)25-13-16)14-6-8-17(23)9-7-14/h3-9,11-13H,2,10H2,1H3,(H,24,28)(H,25,27). The van der Waals surface area contributed by atoms with Gasteiger partial charge in [-0.2, -0.15) is 0 Å². The van der Waals surface area contributed by atoms with E-state index in [-0.39, 0.29) is 11.7 Å². The molecule has 4 rings (SSSR count). The fraction of sp³-hybridized carbons (Fsp3) is 0.136. The Hall–Kier alpha value is -3.54. The molecule has 3 heterocycles. The van der Waals surface area contributed by atoms with Crippen LogP contribution in [0, 0.1) is 5.82 Å². The van der Waals surface area contributed by atoms with E-state index < -0.39 is 0 Å². The summed E-state index contributed by atoms with van der Waals surface area (Å²) in [6, 6.07) is 15.6. The molecular weight excluding hydrogens is 355 g/mol. The van der Waals surface area contributed by atoms with Crippen LogP contribution in [0.25, 0.3) is 33.5 Å². The van der Waals surface area contributed by atoms with E-state index >= 15 is 0 Å². The molecule has 1 aromatic carbocycles. The molecule has 0 aliphatic rings. The highest BCUT2D eigenvalue weighted by Gasteiger charge is 2.10. The van der Waals surface area contributed by atoms with Crippen LogP contribution in [0.15, 0.2) is 60.8 Å². The smallest absolute Gasteiger partial charge is 0.269 e. The van der Waals surface area contributed by atoms with Gasteiger partial charge >= 0.3 is 0 Å². The first kappa shape index (κ1) is 17.9. The van der Waals surface area contributed by atoms with Crippen LogP contribution in [-0.2, 0) is 0 Å². The van der Waals surface area contributed by atoms with E-state index in [0.717, 1.165) is 34.3 Å². The number of carbonyl (C=O) groups is 1. The maximum atomic E-state index is 13.1. The molecule has 28 heavy (non-hydrogen) atoms. The number of aromatic amines is 1. The lowest BCUT2D eigenvalue weighted by atomic mass is 10.1. The third-order valence-corrected chi connectivity index (χ3v) is 4.44. The molecule has 0 atom stereocenters. The van der Waals surface area contributed by atoms with Crippen LogP contribution in [0.2, 0.25) is 0 Å². The summed E-state index contributed by atoms with van der Waals surface area (Å²) in [5.74, 6) is -0.452. The van der Waals surface area contributed by atoms with E-state index in [1.54, 1.807) is 24.4 Å². The highest BCUT2D eigenvalue weighted by Crippen LogP contribution is 2.26. The van der Waals surface area contributed by atoms with Gasteiger partial charge in [0, 0.05) is 29.4 Å². The van der Waals surface area contributed by atoms with Gasteiger partial charge < -0.3 is 10.3 Å². The van der Waals surface area contributed by atoms with Crippen molar-refractivity contribution in [2.24, 2.45) is 0 Å². The van der Waals surface area contributed by atoms with E-state index in [9.17, 15) is 9.18 Å². The van der Waals surface area contributed by atoms with Crippen LogP contribution in [0.3, 0.4) is 0 Å². The molecule has 3 aromatic heterocycles. The Morgan fingerprint density at radius 1 is 1.11 bits per heavy atom. The van der Waals surface area contributed by atoms with Crippen LogP contribution in [0.1, 0.15) is 23.8 Å². The summed E-state index contributed by atoms with van der Waals surface area (Å²) in [6.45, 7) is 2.62. The molecule has 140 valence electrons. The largest absolute Gasteiger partial charge is 0.351 e. The lowest BCUT2D eigenvalue weighted by Crippen LogP contribution is -2.24. The Morgan fingerprint density at radius 3 is 2.71 bits per heavy atom. The van der Waals surface area contributed by atoms with Crippen molar-refractivity contribution in [3.63, 3.8) is 0 Å². The van der Waals surface area contributed by atoms with Crippen LogP contribution < -0.4 is 5.32 Å². The number of aromatic nitrogens is 3. The average Bonchev–Trinajstić information content (AvgIpc) is 3.16. The van der Waals surface area contributed by atoms with Crippen LogP contribution in [-0.4, -0.2) is 27.4 Å². The number of H-pyrrole nitrogens is 1. The molecule has 6 heteroatoms. The second-order valence-corrected chi connectivity index (χ2v) is 6.52. The normalized spacial score (nSPS) is 10.9. The molecule has 1 amide bonds. The molecule has 0 saturated heterocycles. The lowest BCUT2D eigenvalue weighted by molar-refractivity contribution is 0.0949. The average molecular weight is 374 g/mol. The minimum absolute atomic E-state index is 0.182. The summed E-state index contributed by atoms with van der Waals surface area (Å²) in [7, 11) is 0. The number of hydrogen-bond donors (Lipinski definition) is 2. The second kappa shape index (κ2) is 7.60. The van der Waals surface area contributed by atoms with Crippen LogP contribution in [0.4, 0.5) is 4.39 Å². The van der Waals surface area contributed by atoms with Crippen molar-refractivity contribution >= 4 is 16.9 Å². The van der Waals surface area contributed by atoms with Crippen molar-refractivity contribution in [3.8, 4) is 22.5 Å². The van der Waals surface area contributed by atoms with Crippen molar-refractivity contribution in [3.05, 3.63) is 72.3 Å². The van der Waals surface area contributed by atoms with E-state index in [4.69, 9.17) is 0 Å². The molecule has 0 aliphatic carbocycles. The van der Waals surface area contributed by atoms with E-state index in [0.29, 0.717) is 17.9 Å². The molecular formula is C22H19FN4O. The van der Waals surface area contributed by atoms with Gasteiger partial charge in [-0.25, -0.2) is 14.4 Å². The summed E-state index contributed by atoms with van der Waals surface area (Å²) in [5.41, 5.74) is 4.37. The second-order valence-electron chi connectivity index (χ2n) is 6.52.